The number of ether oxygens (including phenoxy) is 2. The van der Waals surface area contributed by atoms with E-state index in [0.717, 1.165) is 24.3 Å². The number of rotatable bonds is 8. The number of aliphatic hydroxyl groups is 1. The van der Waals surface area contributed by atoms with Crippen molar-refractivity contribution in [1.82, 2.24) is 0 Å². The highest BCUT2D eigenvalue weighted by Gasteiger charge is 2.07. The molecule has 1 atom stereocenters. The molecule has 0 aliphatic rings. The maximum absolute atomic E-state index is 9.48. The first-order valence-electron chi connectivity index (χ1n) is 6.20. The molecule has 1 aromatic carbocycles. The summed E-state index contributed by atoms with van der Waals surface area (Å²) in [6, 6.07) is 7.94. The van der Waals surface area contributed by atoms with E-state index in [0.29, 0.717) is 13.2 Å². The molecule has 18 heavy (non-hydrogen) atoms. The van der Waals surface area contributed by atoms with E-state index in [-0.39, 0.29) is 0 Å². The van der Waals surface area contributed by atoms with Crippen molar-refractivity contribution in [2.24, 2.45) is 0 Å². The first kappa shape index (κ1) is 15.0. The summed E-state index contributed by atoms with van der Waals surface area (Å²) < 4.78 is 10.2. The highest BCUT2D eigenvalue weighted by molar-refractivity contribution is 5.47. The third kappa shape index (κ3) is 4.64. The van der Waals surface area contributed by atoms with Gasteiger partial charge in [-0.2, -0.15) is 0 Å². The summed E-state index contributed by atoms with van der Waals surface area (Å²) in [5, 5.41) is 9.48. The fraction of sp³-hybridized carbons (Fsp3) is 0.571. The number of anilines is 1. The summed E-state index contributed by atoms with van der Waals surface area (Å²) in [5.41, 5.74) is 2.05. The van der Waals surface area contributed by atoms with Crippen LogP contribution in [-0.4, -0.2) is 45.6 Å². The fourth-order valence-corrected chi connectivity index (χ4v) is 1.74. The standard InChI is InChI=1S/C14H23NO3/c1-12(16)13-4-6-14(7-5-13)15(8-10-17-2)9-11-18-3/h4-7,12,16H,8-11H2,1-3H3/t12-/m1/s1. The Hall–Kier alpha value is -1.10. The maximum atomic E-state index is 9.48. The molecule has 4 heteroatoms. The molecule has 102 valence electrons. The second kappa shape index (κ2) is 8.08. The van der Waals surface area contributed by atoms with Crippen LogP contribution in [0.4, 0.5) is 5.69 Å². The van der Waals surface area contributed by atoms with Gasteiger partial charge < -0.3 is 19.5 Å². The predicted octanol–water partition coefficient (Wildman–Crippen LogP) is 1.84. The van der Waals surface area contributed by atoms with Crippen molar-refractivity contribution in [2.45, 2.75) is 13.0 Å². The van der Waals surface area contributed by atoms with Crippen LogP contribution in [-0.2, 0) is 9.47 Å². The minimum absolute atomic E-state index is 0.426. The number of benzene rings is 1. The van der Waals surface area contributed by atoms with Gasteiger partial charge in [-0.15, -0.1) is 0 Å². The summed E-state index contributed by atoms with van der Waals surface area (Å²) in [4.78, 5) is 2.21. The van der Waals surface area contributed by atoms with Crippen LogP contribution in [0, 0.1) is 0 Å². The zero-order valence-electron chi connectivity index (χ0n) is 11.4. The second-order valence-corrected chi connectivity index (χ2v) is 4.24. The third-order valence-corrected chi connectivity index (χ3v) is 2.87. The molecule has 0 aliphatic carbocycles. The Kier molecular flexibility index (Phi) is 6.72. The molecule has 0 amide bonds. The Bertz CT molecular complexity index is 316. The fourth-order valence-electron chi connectivity index (χ4n) is 1.74. The van der Waals surface area contributed by atoms with Crippen LogP contribution in [0.2, 0.25) is 0 Å². The lowest BCUT2D eigenvalue weighted by atomic mass is 10.1. The number of nitrogens with zero attached hydrogens (tertiary/aromatic N) is 1. The molecule has 0 fully saturated rings. The van der Waals surface area contributed by atoms with E-state index < -0.39 is 6.10 Å². The average Bonchev–Trinajstić information content (AvgIpc) is 2.39. The summed E-state index contributed by atoms with van der Waals surface area (Å²) in [6.45, 7) is 4.79. The largest absolute Gasteiger partial charge is 0.389 e. The zero-order valence-corrected chi connectivity index (χ0v) is 11.4. The molecule has 0 radical (unpaired) electrons. The summed E-state index contributed by atoms with van der Waals surface area (Å²) in [5.74, 6) is 0. The molecule has 0 heterocycles. The molecular weight excluding hydrogens is 230 g/mol. The van der Waals surface area contributed by atoms with Crippen molar-refractivity contribution >= 4 is 5.69 Å². The van der Waals surface area contributed by atoms with Gasteiger partial charge >= 0.3 is 0 Å². The number of hydrogen-bond donors (Lipinski definition) is 1. The molecule has 4 nitrogen and oxygen atoms in total. The van der Waals surface area contributed by atoms with Gasteiger partial charge in [0.2, 0.25) is 0 Å². The number of aliphatic hydroxyl groups excluding tert-OH is 1. The van der Waals surface area contributed by atoms with Gasteiger partial charge in [-0.1, -0.05) is 12.1 Å². The molecule has 0 saturated carbocycles. The zero-order chi connectivity index (χ0) is 13.4. The topological polar surface area (TPSA) is 41.9 Å². The first-order valence-corrected chi connectivity index (χ1v) is 6.20. The quantitative estimate of drug-likeness (QED) is 0.767. The van der Waals surface area contributed by atoms with Crippen LogP contribution in [0.1, 0.15) is 18.6 Å². The third-order valence-electron chi connectivity index (χ3n) is 2.87. The molecule has 0 spiro atoms. The van der Waals surface area contributed by atoms with Crippen LogP contribution in [0.25, 0.3) is 0 Å². The van der Waals surface area contributed by atoms with Crippen molar-refractivity contribution in [2.75, 3.05) is 45.4 Å². The Balaban J connectivity index is 2.70. The Morgan fingerprint density at radius 3 is 1.94 bits per heavy atom. The Morgan fingerprint density at radius 2 is 1.56 bits per heavy atom. The van der Waals surface area contributed by atoms with Gasteiger partial charge in [-0.3, -0.25) is 0 Å². The van der Waals surface area contributed by atoms with Gasteiger partial charge in [0.05, 0.1) is 19.3 Å². The summed E-state index contributed by atoms with van der Waals surface area (Å²) in [6.07, 6.45) is -0.426. The molecule has 1 N–H and O–H groups in total. The van der Waals surface area contributed by atoms with E-state index in [2.05, 4.69) is 4.90 Å². The van der Waals surface area contributed by atoms with E-state index in [9.17, 15) is 5.11 Å². The van der Waals surface area contributed by atoms with Gasteiger partial charge in [-0.25, -0.2) is 0 Å². The molecule has 1 aromatic rings. The highest BCUT2D eigenvalue weighted by Crippen LogP contribution is 2.18. The van der Waals surface area contributed by atoms with E-state index in [1.54, 1.807) is 21.1 Å². The smallest absolute Gasteiger partial charge is 0.0761 e. The molecule has 0 unspecified atom stereocenters. The highest BCUT2D eigenvalue weighted by atomic mass is 16.5. The monoisotopic (exact) mass is 253 g/mol. The lowest BCUT2D eigenvalue weighted by molar-refractivity contribution is 0.190. The normalized spacial score (nSPS) is 12.4. The Labute approximate surface area is 109 Å². The van der Waals surface area contributed by atoms with Crippen molar-refractivity contribution < 1.29 is 14.6 Å². The van der Waals surface area contributed by atoms with Gasteiger partial charge in [0.25, 0.3) is 0 Å². The molecule has 0 aliphatic heterocycles. The van der Waals surface area contributed by atoms with E-state index in [1.165, 1.54) is 0 Å². The molecule has 0 bridgehead atoms. The van der Waals surface area contributed by atoms with Gasteiger partial charge in [0, 0.05) is 33.0 Å². The number of methoxy groups -OCH3 is 2. The average molecular weight is 253 g/mol. The van der Waals surface area contributed by atoms with Crippen LogP contribution in [0.3, 0.4) is 0 Å². The molecule has 0 saturated heterocycles. The van der Waals surface area contributed by atoms with Crippen LogP contribution in [0.15, 0.2) is 24.3 Å². The van der Waals surface area contributed by atoms with Crippen LogP contribution in [0.5, 0.6) is 0 Å². The second-order valence-electron chi connectivity index (χ2n) is 4.24. The number of hydrogen-bond acceptors (Lipinski definition) is 4. The van der Waals surface area contributed by atoms with Crippen LogP contribution < -0.4 is 4.90 Å². The van der Waals surface area contributed by atoms with Crippen molar-refractivity contribution in [3.05, 3.63) is 29.8 Å². The SMILES string of the molecule is COCCN(CCOC)c1ccc([C@@H](C)O)cc1. The van der Waals surface area contributed by atoms with Gasteiger partial charge in [-0.05, 0) is 24.6 Å². The molecular formula is C14H23NO3. The van der Waals surface area contributed by atoms with Crippen molar-refractivity contribution in [1.29, 1.82) is 0 Å². The predicted molar refractivity (Wildman–Crippen MR) is 73.0 cm³/mol. The van der Waals surface area contributed by atoms with Gasteiger partial charge in [0.1, 0.15) is 0 Å². The summed E-state index contributed by atoms with van der Waals surface area (Å²) >= 11 is 0. The van der Waals surface area contributed by atoms with Crippen LogP contribution >= 0.6 is 0 Å². The molecule has 0 aromatic heterocycles. The van der Waals surface area contributed by atoms with Crippen molar-refractivity contribution in [3.63, 3.8) is 0 Å². The summed E-state index contributed by atoms with van der Waals surface area (Å²) in [7, 11) is 3.40. The van der Waals surface area contributed by atoms with E-state index >= 15 is 0 Å². The van der Waals surface area contributed by atoms with E-state index in [4.69, 9.17) is 9.47 Å². The minimum Gasteiger partial charge on any atom is -0.389 e. The molecule has 1 rings (SSSR count). The van der Waals surface area contributed by atoms with E-state index in [1.807, 2.05) is 24.3 Å². The van der Waals surface area contributed by atoms with Gasteiger partial charge in [0.15, 0.2) is 0 Å². The first-order chi connectivity index (χ1) is 8.69. The maximum Gasteiger partial charge on any atom is 0.0761 e. The lowest BCUT2D eigenvalue weighted by Crippen LogP contribution is -2.30. The Morgan fingerprint density at radius 1 is 1.06 bits per heavy atom. The lowest BCUT2D eigenvalue weighted by Gasteiger charge is -2.24. The minimum atomic E-state index is -0.426. The van der Waals surface area contributed by atoms with Crippen molar-refractivity contribution in [3.8, 4) is 0 Å².